The van der Waals surface area contributed by atoms with Gasteiger partial charge >= 0.3 is 0 Å². The number of ketones is 1. The Bertz CT molecular complexity index is 1520. The summed E-state index contributed by atoms with van der Waals surface area (Å²) in [4.78, 5) is 21.9. The van der Waals surface area contributed by atoms with Crippen LogP contribution in [0.5, 0.6) is 0 Å². The predicted molar refractivity (Wildman–Crippen MR) is 131 cm³/mol. The van der Waals surface area contributed by atoms with Crippen molar-refractivity contribution in [2.45, 2.75) is 25.8 Å². The first-order valence-electron chi connectivity index (χ1n) is 11.5. The van der Waals surface area contributed by atoms with E-state index in [0.717, 1.165) is 33.4 Å². The van der Waals surface area contributed by atoms with Gasteiger partial charge in [-0.25, -0.2) is 14.4 Å². The number of fused-ring (bicyclic) bond motifs is 3. The van der Waals surface area contributed by atoms with Crippen molar-refractivity contribution >= 4 is 28.3 Å². The number of nitrogens with one attached hydrogen (secondary N) is 1. The molecule has 0 unspecified atom stereocenters. The van der Waals surface area contributed by atoms with Crippen LogP contribution in [0.15, 0.2) is 79.0 Å². The Kier molecular flexibility index (Phi) is 5.06. The van der Waals surface area contributed by atoms with Crippen molar-refractivity contribution in [2.24, 2.45) is 5.92 Å². The third-order valence-electron chi connectivity index (χ3n) is 6.35. The van der Waals surface area contributed by atoms with Crippen LogP contribution >= 0.6 is 0 Å². The lowest BCUT2D eigenvalue weighted by molar-refractivity contribution is 0.0976. The van der Waals surface area contributed by atoms with Crippen LogP contribution in [0.1, 0.15) is 35.2 Å². The fraction of sp³-hybridized carbons (Fsp3) is 0.179. The highest BCUT2D eigenvalue weighted by Crippen LogP contribution is 2.34. The van der Waals surface area contributed by atoms with E-state index in [2.05, 4.69) is 14.7 Å². The number of hydrogen-bond acceptors (Lipinski definition) is 4. The van der Waals surface area contributed by atoms with E-state index in [-0.39, 0.29) is 11.6 Å². The molecule has 0 amide bonds. The number of carbonyl (C=O) groups is 1. The van der Waals surface area contributed by atoms with Crippen molar-refractivity contribution in [1.29, 1.82) is 0 Å². The number of anilines is 1. The lowest BCUT2D eigenvalue weighted by Crippen LogP contribution is -2.05. The van der Waals surface area contributed by atoms with Gasteiger partial charge in [0, 0.05) is 24.1 Å². The maximum atomic E-state index is 13.6. The number of para-hydroxylation sites is 2. The van der Waals surface area contributed by atoms with Gasteiger partial charge in [-0.15, -0.1) is 0 Å². The molecule has 0 aliphatic heterocycles. The fourth-order valence-electron chi connectivity index (χ4n) is 4.36. The van der Waals surface area contributed by atoms with Crippen LogP contribution in [0.4, 0.5) is 10.2 Å². The summed E-state index contributed by atoms with van der Waals surface area (Å²) in [5.74, 6) is 1.15. The molecular formula is C28H23FN4O. The molecule has 1 fully saturated rings. The molecule has 0 bridgehead atoms. The maximum Gasteiger partial charge on any atom is 0.181 e. The summed E-state index contributed by atoms with van der Waals surface area (Å²) >= 11 is 0. The van der Waals surface area contributed by atoms with Crippen LogP contribution in [0.2, 0.25) is 0 Å². The Morgan fingerprint density at radius 3 is 2.65 bits per heavy atom. The number of imidazole rings is 1. The molecule has 0 atom stereocenters. The van der Waals surface area contributed by atoms with Crippen LogP contribution in [0, 0.1) is 11.7 Å². The Morgan fingerprint density at radius 2 is 1.85 bits per heavy atom. The topological polar surface area (TPSA) is 59.3 Å². The van der Waals surface area contributed by atoms with Gasteiger partial charge in [0.05, 0.1) is 22.9 Å². The van der Waals surface area contributed by atoms with Crippen LogP contribution in [-0.2, 0) is 6.54 Å². The van der Waals surface area contributed by atoms with Crippen molar-refractivity contribution < 1.29 is 9.18 Å². The second-order valence-electron chi connectivity index (χ2n) is 8.88. The molecular weight excluding hydrogens is 427 g/mol. The molecule has 1 saturated carbocycles. The highest BCUT2D eigenvalue weighted by atomic mass is 19.1. The Hall–Kier alpha value is -4.06. The first-order valence-corrected chi connectivity index (χ1v) is 11.5. The SMILES string of the molecule is O=C(CC1CC1)c1ccc(-c2cnc3c(NCc4cccc(F)c4)nc4ccccc4n23)cc1. The minimum absolute atomic E-state index is 0.214. The van der Waals surface area contributed by atoms with E-state index in [1.54, 1.807) is 6.07 Å². The van der Waals surface area contributed by atoms with E-state index >= 15 is 0 Å². The van der Waals surface area contributed by atoms with Crippen LogP contribution in [0.3, 0.4) is 0 Å². The molecule has 168 valence electrons. The third-order valence-corrected chi connectivity index (χ3v) is 6.35. The molecule has 1 aliphatic carbocycles. The van der Waals surface area contributed by atoms with Gasteiger partial charge in [0.15, 0.2) is 17.2 Å². The highest BCUT2D eigenvalue weighted by molar-refractivity contribution is 5.97. The summed E-state index contributed by atoms with van der Waals surface area (Å²) in [6, 6.07) is 22.2. The summed E-state index contributed by atoms with van der Waals surface area (Å²) in [6.07, 6.45) is 4.81. The zero-order valence-electron chi connectivity index (χ0n) is 18.5. The molecule has 34 heavy (non-hydrogen) atoms. The number of hydrogen-bond donors (Lipinski definition) is 1. The molecule has 0 saturated heterocycles. The Balaban J connectivity index is 1.39. The van der Waals surface area contributed by atoms with Gasteiger partial charge < -0.3 is 5.32 Å². The average molecular weight is 451 g/mol. The number of nitrogens with zero attached hydrogens (tertiary/aromatic N) is 3. The predicted octanol–water partition coefficient (Wildman–Crippen LogP) is 6.28. The molecule has 2 heterocycles. The number of Topliss-reactive ketones (excluding diaryl/α,β-unsaturated/α-hetero) is 1. The standard InChI is InChI=1S/C28H23FN4O/c29-22-5-3-4-19(14-22)16-30-27-28-31-17-25(33(28)24-7-2-1-6-23(24)32-27)20-10-12-21(13-11-20)26(34)15-18-8-9-18/h1-7,10-14,17-18H,8-9,15-16H2,(H,30,32). The number of carbonyl (C=O) groups excluding carboxylic acids is 1. The van der Waals surface area contributed by atoms with Crippen LogP contribution < -0.4 is 5.32 Å². The van der Waals surface area contributed by atoms with Crippen LogP contribution in [0.25, 0.3) is 27.9 Å². The van der Waals surface area contributed by atoms with Gasteiger partial charge in [-0.1, -0.05) is 48.5 Å². The highest BCUT2D eigenvalue weighted by Gasteiger charge is 2.25. The van der Waals surface area contributed by atoms with Gasteiger partial charge in [-0.2, -0.15) is 0 Å². The zero-order valence-corrected chi connectivity index (χ0v) is 18.5. The second kappa shape index (κ2) is 8.37. The summed E-state index contributed by atoms with van der Waals surface area (Å²) in [6.45, 7) is 0.429. The maximum absolute atomic E-state index is 13.6. The molecule has 5 nitrogen and oxygen atoms in total. The third kappa shape index (κ3) is 3.92. The minimum Gasteiger partial charge on any atom is -0.363 e. The molecule has 1 aliphatic rings. The van der Waals surface area contributed by atoms with Crippen molar-refractivity contribution in [3.63, 3.8) is 0 Å². The first-order chi connectivity index (χ1) is 16.7. The van der Waals surface area contributed by atoms with Gasteiger partial charge in [0.25, 0.3) is 0 Å². The average Bonchev–Trinajstić information content (AvgIpc) is 3.56. The van der Waals surface area contributed by atoms with Crippen molar-refractivity contribution in [3.05, 3.63) is 95.9 Å². The molecule has 6 rings (SSSR count). The number of benzene rings is 3. The lowest BCUT2D eigenvalue weighted by Gasteiger charge is -2.12. The van der Waals surface area contributed by atoms with Gasteiger partial charge in [-0.3, -0.25) is 9.20 Å². The summed E-state index contributed by atoms with van der Waals surface area (Å²) in [5.41, 5.74) is 5.94. The molecule has 1 N–H and O–H groups in total. The fourth-order valence-corrected chi connectivity index (χ4v) is 4.36. The number of aromatic nitrogens is 3. The smallest absolute Gasteiger partial charge is 0.181 e. The largest absolute Gasteiger partial charge is 0.363 e. The molecule has 6 heteroatoms. The van der Waals surface area contributed by atoms with E-state index in [0.29, 0.717) is 30.3 Å². The molecule has 2 aromatic heterocycles. The Morgan fingerprint density at radius 1 is 1.03 bits per heavy atom. The van der Waals surface area contributed by atoms with E-state index < -0.39 is 0 Å². The summed E-state index contributed by atoms with van der Waals surface area (Å²) in [5, 5.41) is 3.33. The van der Waals surface area contributed by atoms with E-state index in [4.69, 9.17) is 4.98 Å². The van der Waals surface area contributed by atoms with Crippen molar-refractivity contribution in [2.75, 3.05) is 5.32 Å². The monoisotopic (exact) mass is 450 g/mol. The van der Waals surface area contributed by atoms with Gasteiger partial charge in [0.2, 0.25) is 0 Å². The van der Waals surface area contributed by atoms with E-state index in [9.17, 15) is 9.18 Å². The quantitative estimate of drug-likeness (QED) is 0.296. The van der Waals surface area contributed by atoms with E-state index in [1.807, 2.05) is 60.8 Å². The van der Waals surface area contributed by atoms with Gasteiger partial charge in [0.1, 0.15) is 5.82 Å². The Labute approximate surface area is 196 Å². The minimum atomic E-state index is -0.266. The summed E-state index contributed by atoms with van der Waals surface area (Å²) < 4.78 is 15.7. The van der Waals surface area contributed by atoms with Crippen LogP contribution in [-0.4, -0.2) is 20.2 Å². The molecule has 3 aromatic carbocycles. The molecule has 0 radical (unpaired) electrons. The molecule has 5 aromatic rings. The van der Waals surface area contributed by atoms with Crippen molar-refractivity contribution in [1.82, 2.24) is 14.4 Å². The number of halogens is 1. The normalized spacial score (nSPS) is 13.4. The summed E-state index contributed by atoms with van der Waals surface area (Å²) in [7, 11) is 0. The number of rotatable bonds is 7. The van der Waals surface area contributed by atoms with E-state index in [1.165, 1.54) is 25.0 Å². The first kappa shape index (κ1) is 20.5. The second-order valence-corrected chi connectivity index (χ2v) is 8.88. The van der Waals surface area contributed by atoms with Crippen molar-refractivity contribution in [3.8, 4) is 11.3 Å². The lowest BCUT2D eigenvalue weighted by atomic mass is 10.0. The zero-order chi connectivity index (χ0) is 23.1. The molecule has 0 spiro atoms. The van der Waals surface area contributed by atoms with Gasteiger partial charge in [-0.05, 0) is 48.6 Å².